The Balaban J connectivity index is 2.55. The van der Waals surface area contributed by atoms with E-state index in [1.807, 2.05) is 38.1 Å². The van der Waals surface area contributed by atoms with Crippen LogP contribution in [-0.4, -0.2) is 26.1 Å². The second-order valence-electron chi connectivity index (χ2n) is 6.46. The van der Waals surface area contributed by atoms with Crippen molar-refractivity contribution in [2.75, 3.05) is 0 Å². The smallest absolute Gasteiger partial charge is 0.358 e. The molecule has 0 fully saturated rings. The van der Waals surface area contributed by atoms with Crippen molar-refractivity contribution in [1.82, 2.24) is 15.0 Å². The molecule has 0 unspecified atom stereocenters. The van der Waals surface area contributed by atoms with Crippen LogP contribution in [0.4, 0.5) is 0 Å². The lowest BCUT2D eigenvalue weighted by atomic mass is 9.86. The number of carboxylic acid groups (broad SMARTS) is 1. The Morgan fingerprint density at radius 3 is 2.19 bits per heavy atom. The molecular formula is C16H21N3O2. The van der Waals surface area contributed by atoms with Crippen LogP contribution in [0.5, 0.6) is 0 Å². The van der Waals surface area contributed by atoms with E-state index in [4.69, 9.17) is 0 Å². The maximum absolute atomic E-state index is 11.3. The Labute approximate surface area is 124 Å². The van der Waals surface area contributed by atoms with Gasteiger partial charge in [0.05, 0.1) is 0 Å². The minimum absolute atomic E-state index is 0.00721. The lowest BCUT2D eigenvalue weighted by molar-refractivity contribution is 0.0691. The van der Waals surface area contributed by atoms with Gasteiger partial charge < -0.3 is 5.11 Å². The number of carbonyl (C=O) groups is 1. The molecule has 0 radical (unpaired) electrons. The lowest BCUT2D eigenvalue weighted by Crippen LogP contribution is -2.11. The Morgan fingerprint density at radius 1 is 1.19 bits per heavy atom. The van der Waals surface area contributed by atoms with Crippen LogP contribution in [0.25, 0.3) is 11.3 Å². The Hall–Kier alpha value is -2.17. The zero-order chi connectivity index (χ0) is 15.8. The SMILES string of the molecule is CC(C)n1nnc(C(=O)O)c1-c1ccc(C(C)(C)C)cc1. The highest BCUT2D eigenvalue weighted by atomic mass is 16.4. The van der Waals surface area contributed by atoms with Gasteiger partial charge in [-0.05, 0) is 24.8 Å². The molecule has 2 rings (SSSR count). The van der Waals surface area contributed by atoms with Crippen LogP contribution in [0.3, 0.4) is 0 Å². The van der Waals surface area contributed by atoms with Gasteiger partial charge in [0.1, 0.15) is 5.69 Å². The van der Waals surface area contributed by atoms with Crippen molar-refractivity contribution < 1.29 is 9.90 Å². The molecule has 0 spiro atoms. The molecule has 1 heterocycles. The fourth-order valence-electron chi connectivity index (χ4n) is 2.20. The van der Waals surface area contributed by atoms with Crippen LogP contribution in [0.1, 0.15) is 56.7 Å². The molecule has 0 bridgehead atoms. The van der Waals surface area contributed by atoms with Gasteiger partial charge in [0.2, 0.25) is 0 Å². The molecule has 1 N–H and O–H groups in total. The van der Waals surface area contributed by atoms with Crippen molar-refractivity contribution >= 4 is 5.97 Å². The molecule has 0 saturated heterocycles. The zero-order valence-corrected chi connectivity index (χ0v) is 13.1. The minimum atomic E-state index is -1.06. The van der Waals surface area contributed by atoms with E-state index in [0.29, 0.717) is 5.69 Å². The van der Waals surface area contributed by atoms with Gasteiger partial charge in [-0.1, -0.05) is 50.3 Å². The van der Waals surface area contributed by atoms with Gasteiger partial charge in [-0.3, -0.25) is 0 Å². The van der Waals surface area contributed by atoms with Crippen LogP contribution >= 0.6 is 0 Å². The summed E-state index contributed by atoms with van der Waals surface area (Å²) in [5.74, 6) is -1.06. The second kappa shape index (κ2) is 5.31. The number of nitrogens with zero attached hydrogens (tertiary/aromatic N) is 3. The highest BCUT2D eigenvalue weighted by Gasteiger charge is 2.22. The van der Waals surface area contributed by atoms with Crippen LogP contribution in [0.2, 0.25) is 0 Å². The van der Waals surface area contributed by atoms with E-state index in [9.17, 15) is 9.90 Å². The predicted molar refractivity (Wildman–Crippen MR) is 81.5 cm³/mol. The molecule has 0 saturated carbocycles. The van der Waals surface area contributed by atoms with Gasteiger partial charge in [-0.15, -0.1) is 5.10 Å². The van der Waals surface area contributed by atoms with Crippen molar-refractivity contribution in [2.24, 2.45) is 0 Å². The van der Waals surface area contributed by atoms with Crippen molar-refractivity contribution in [1.29, 1.82) is 0 Å². The topological polar surface area (TPSA) is 68.0 Å². The van der Waals surface area contributed by atoms with Crippen LogP contribution in [-0.2, 0) is 5.41 Å². The normalized spacial score (nSPS) is 11.9. The van der Waals surface area contributed by atoms with Crippen molar-refractivity contribution in [3.05, 3.63) is 35.5 Å². The fraction of sp³-hybridized carbons (Fsp3) is 0.438. The first-order chi connectivity index (χ1) is 9.71. The third kappa shape index (κ3) is 2.96. The second-order valence-corrected chi connectivity index (χ2v) is 6.46. The highest BCUT2D eigenvalue weighted by molar-refractivity contribution is 5.92. The van der Waals surface area contributed by atoms with Gasteiger partial charge in [0.15, 0.2) is 5.69 Å². The van der Waals surface area contributed by atoms with Crippen LogP contribution in [0, 0.1) is 0 Å². The molecule has 0 amide bonds. The van der Waals surface area contributed by atoms with E-state index < -0.39 is 5.97 Å². The van der Waals surface area contributed by atoms with Crippen molar-refractivity contribution in [3.63, 3.8) is 0 Å². The number of hydrogen-bond donors (Lipinski definition) is 1. The summed E-state index contributed by atoms with van der Waals surface area (Å²) in [5.41, 5.74) is 2.63. The van der Waals surface area contributed by atoms with Crippen molar-refractivity contribution in [2.45, 2.75) is 46.1 Å². The Kier molecular flexibility index (Phi) is 3.85. The summed E-state index contributed by atoms with van der Waals surface area (Å²) >= 11 is 0. The Morgan fingerprint density at radius 2 is 1.76 bits per heavy atom. The van der Waals surface area contributed by atoms with Gasteiger partial charge >= 0.3 is 5.97 Å². The average molecular weight is 287 g/mol. The monoisotopic (exact) mass is 287 g/mol. The quantitative estimate of drug-likeness (QED) is 0.937. The van der Waals surface area contributed by atoms with Crippen LogP contribution < -0.4 is 0 Å². The molecule has 0 aliphatic rings. The predicted octanol–water partition coefficient (Wildman–Crippen LogP) is 3.52. The molecule has 0 aliphatic heterocycles. The molecule has 5 heteroatoms. The minimum Gasteiger partial charge on any atom is -0.476 e. The molecular weight excluding hydrogens is 266 g/mol. The summed E-state index contributed by atoms with van der Waals surface area (Å²) < 4.78 is 1.65. The number of benzene rings is 1. The number of rotatable bonds is 3. The summed E-state index contributed by atoms with van der Waals surface area (Å²) in [6, 6.07) is 7.97. The summed E-state index contributed by atoms with van der Waals surface area (Å²) in [6.45, 7) is 10.3. The number of aromatic carboxylic acids is 1. The van der Waals surface area contributed by atoms with Gasteiger partial charge in [0, 0.05) is 11.6 Å². The van der Waals surface area contributed by atoms with E-state index in [0.717, 1.165) is 5.56 Å². The highest BCUT2D eigenvalue weighted by Crippen LogP contribution is 2.28. The molecule has 2 aromatic rings. The summed E-state index contributed by atoms with van der Waals surface area (Å²) in [6.07, 6.45) is 0. The van der Waals surface area contributed by atoms with E-state index in [-0.39, 0.29) is 17.2 Å². The molecule has 0 aliphatic carbocycles. The number of carboxylic acids is 1. The van der Waals surface area contributed by atoms with Gasteiger partial charge in [-0.25, -0.2) is 9.48 Å². The fourth-order valence-corrected chi connectivity index (χ4v) is 2.20. The molecule has 112 valence electrons. The molecule has 21 heavy (non-hydrogen) atoms. The van der Waals surface area contributed by atoms with E-state index in [1.165, 1.54) is 5.56 Å². The molecule has 1 aromatic heterocycles. The summed E-state index contributed by atoms with van der Waals surface area (Å²) in [7, 11) is 0. The number of hydrogen-bond acceptors (Lipinski definition) is 3. The van der Waals surface area contributed by atoms with E-state index >= 15 is 0 Å². The van der Waals surface area contributed by atoms with Gasteiger partial charge in [-0.2, -0.15) is 0 Å². The Bertz CT molecular complexity index is 649. The zero-order valence-electron chi connectivity index (χ0n) is 13.1. The largest absolute Gasteiger partial charge is 0.476 e. The summed E-state index contributed by atoms with van der Waals surface area (Å²) in [4.78, 5) is 11.3. The molecule has 5 nitrogen and oxygen atoms in total. The maximum atomic E-state index is 11.3. The first-order valence-corrected chi connectivity index (χ1v) is 7.01. The summed E-state index contributed by atoms with van der Waals surface area (Å²) in [5, 5.41) is 17.1. The van der Waals surface area contributed by atoms with Crippen molar-refractivity contribution in [3.8, 4) is 11.3 Å². The number of aromatic nitrogens is 3. The lowest BCUT2D eigenvalue weighted by Gasteiger charge is -2.19. The first-order valence-electron chi connectivity index (χ1n) is 7.01. The first kappa shape index (κ1) is 15.2. The maximum Gasteiger partial charge on any atom is 0.358 e. The molecule has 1 aromatic carbocycles. The van der Waals surface area contributed by atoms with Gasteiger partial charge in [0.25, 0.3) is 0 Å². The standard InChI is InChI=1S/C16H21N3O2/c1-10(2)19-14(13(15(20)21)17-18-19)11-6-8-12(9-7-11)16(3,4)5/h6-10H,1-5H3,(H,20,21). The molecule has 0 atom stereocenters. The van der Waals surface area contributed by atoms with Crippen LogP contribution in [0.15, 0.2) is 24.3 Å². The third-order valence-electron chi connectivity index (χ3n) is 3.41. The van der Waals surface area contributed by atoms with E-state index in [1.54, 1.807) is 4.68 Å². The average Bonchev–Trinajstić information content (AvgIpc) is 2.82. The van der Waals surface area contributed by atoms with E-state index in [2.05, 4.69) is 31.1 Å². The third-order valence-corrected chi connectivity index (χ3v) is 3.41.